The van der Waals surface area contributed by atoms with E-state index in [0.717, 1.165) is 10.9 Å². The summed E-state index contributed by atoms with van der Waals surface area (Å²) in [6.45, 7) is 3.04. The SMILES string of the molecule is CC(O)C1CCN(C(=O)c2cc(Br)ccc2Cl)C1. The van der Waals surface area contributed by atoms with E-state index in [1.807, 2.05) is 6.07 Å². The molecule has 3 nitrogen and oxygen atoms in total. The van der Waals surface area contributed by atoms with E-state index in [0.29, 0.717) is 23.7 Å². The van der Waals surface area contributed by atoms with Gasteiger partial charge in [-0.25, -0.2) is 0 Å². The fourth-order valence-corrected chi connectivity index (χ4v) is 2.76. The average Bonchev–Trinajstić information content (AvgIpc) is 2.81. The summed E-state index contributed by atoms with van der Waals surface area (Å²) in [4.78, 5) is 14.1. The molecule has 1 amide bonds. The molecule has 1 aromatic carbocycles. The molecule has 2 rings (SSSR count). The van der Waals surface area contributed by atoms with Crippen LogP contribution < -0.4 is 0 Å². The van der Waals surface area contributed by atoms with Crippen LogP contribution in [0.3, 0.4) is 0 Å². The Bertz CT molecular complexity index is 464. The lowest BCUT2D eigenvalue weighted by molar-refractivity contribution is 0.0762. The van der Waals surface area contributed by atoms with Gasteiger partial charge in [0.1, 0.15) is 0 Å². The van der Waals surface area contributed by atoms with Crippen molar-refractivity contribution < 1.29 is 9.90 Å². The van der Waals surface area contributed by atoms with E-state index in [1.165, 1.54) is 0 Å². The highest BCUT2D eigenvalue weighted by molar-refractivity contribution is 9.10. The number of likely N-dealkylation sites (tertiary alicyclic amines) is 1. The minimum Gasteiger partial charge on any atom is -0.393 e. The van der Waals surface area contributed by atoms with Crippen molar-refractivity contribution in [3.05, 3.63) is 33.3 Å². The standard InChI is InChI=1S/C13H15BrClNO2/c1-8(17)9-4-5-16(7-9)13(18)11-6-10(14)2-3-12(11)15/h2-3,6,8-9,17H,4-5,7H2,1H3. The molecule has 0 saturated carbocycles. The first-order valence-electron chi connectivity index (χ1n) is 5.91. The number of amides is 1. The Morgan fingerprint density at radius 2 is 2.33 bits per heavy atom. The molecular weight excluding hydrogens is 318 g/mol. The molecule has 2 atom stereocenters. The number of benzene rings is 1. The quantitative estimate of drug-likeness (QED) is 0.904. The van der Waals surface area contributed by atoms with E-state index in [2.05, 4.69) is 15.9 Å². The third kappa shape index (κ3) is 2.87. The number of carbonyl (C=O) groups excluding carboxylic acids is 1. The summed E-state index contributed by atoms with van der Waals surface area (Å²) in [5, 5.41) is 10.0. The van der Waals surface area contributed by atoms with Gasteiger partial charge in [-0.1, -0.05) is 27.5 Å². The summed E-state index contributed by atoms with van der Waals surface area (Å²) in [6.07, 6.45) is 0.468. The fourth-order valence-electron chi connectivity index (χ4n) is 2.20. The number of carbonyl (C=O) groups is 1. The predicted octanol–water partition coefficient (Wildman–Crippen LogP) is 2.95. The topological polar surface area (TPSA) is 40.5 Å². The number of halogens is 2. The van der Waals surface area contributed by atoms with Gasteiger partial charge in [-0.2, -0.15) is 0 Å². The maximum absolute atomic E-state index is 12.3. The van der Waals surface area contributed by atoms with Gasteiger partial charge in [-0.15, -0.1) is 0 Å². The molecule has 0 aliphatic carbocycles. The van der Waals surface area contributed by atoms with Crippen molar-refractivity contribution in [1.82, 2.24) is 4.90 Å². The lowest BCUT2D eigenvalue weighted by Gasteiger charge is -2.18. The Labute approximate surface area is 120 Å². The van der Waals surface area contributed by atoms with Crippen LogP contribution in [0, 0.1) is 5.92 Å². The zero-order valence-corrected chi connectivity index (χ0v) is 12.4. The molecule has 18 heavy (non-hydrogen) atoms. The highest BCUT2D eigenvalue weighted by atomic mass is 79.9. The zero-order chi connectivity index (χ0) is 13.3. The normalized spacial score (nSPS) is 21.1. The summed E-state index contributed by atoms with van der Waals surface area (Å²) in [6, 6.07) is 5.25. The molecule has 1 aromatic rings. The van der Waals surface area contributed by atoms with Gasteiger partial charge in [0.25, 0.3) is 5.91 Å². The zero-order valence-electron chi connectivity index (χ0n) is 10.1. The first kappa shape index (κ1) is 13.8. The molecule has 1 heterocycles. The maximum Gasteiger partial charge on any atom is 0.255 e. The van der Waals surface area contributed by atoms with Crippen molar-refractivity contribution in [3.8, 4) is 0 Å². The van der Waals surface area contributed by atoms with Crippen molar-refractivity contribution in [2.45, 2.75) is 19.4 Å². The largest absolute Gasteiger partial charge is 0.393 e. The van der Waals surface area contributed by atoms with Gasteiger partial charge in [0, 0.05) is 23.5 Å². The van der Waals surface area contributed by atoms with Crippen molar-refractivity contribution in [3.63, 3.8) is 0 Å². The van der Waals surface area contributed by atoms with Crippen LogP contribution in [0.5, 0.6) is 0 Å². The van der Waals surface area contributed by atoms with Crippen molar-refractivity contribution >= 4 is 33.4 Å². The summed E-state index contributed by atoms with van der Waals surface area (Å²) in [7, 11) is 0. The molecule has 1 N–H and O–H groups in total. The van der Waals surface area contributed by atoms with E-state index in [9.17, 15) is 9.90 Å². The number of hydrogen-bond acceptors (Lipinski definition) is 2. The smallest absolute Gasteiger partial charge is 0.255 e. The highest BCUT2D eigenvalue weighted by Crippen LogP contribution is 2.26. The molecular formula is C13H15BrClNO2. The Morgan fingerprint density at radius 3 is 2.94 bits per heavy atom. The second-order valence-electron chi connectivity index (χ2n) is 4.66. The number of nitrogens with zero attached hydrogens (tertiary/aromatic N) is 1. The minimum atomic E-state index is -0.374. The Morgan fingerprint density at radius 1 is 1.61 bits per heavy atom. The molecule has 1 fully saturated rings. The van der Waals surface area contributed by atoms with Gasteiger partial charge in [-0.05, 0) is 31.5 Å². The van der Waals surface area contributed by atoms with Crippen LogP contribution in [0.2, 0.25) is 5.02 Å². The molecule has 98 valence electrons. The van der Waals surface area contributed by atoms with Crippen LogP contribution in [0.4, 0.5) is 0 Å². The van der Waals surface area contributed by atoms with Crippen molar-refractivity contribution in [1.29, 1.82) is 0 Å². The van der Waals surface area contributed by atoms with Gasteiger partial charge < -0.3 is 10.0 Å². The van der Waals surface area contributed by atoms with Crippen LogP contribution in [-0.4, -0.2) is 35.1 Å². The first-order chi connectivity index (χ1) is 8.49. The molecule has 0 aromatic heterocycles. The number of rotatable bonds is 2. The third-order valence-corrected chi connectivity index (χ3v) is 4.18. The second-order valence-corrected chi connectivity index (χ2v) is 5.99. The third-order valence-electron chi connectivity index (χ3n) is 3.35. The first-order valence-corrected chi connectivity index (χ1v) is 7.08. The van der Waals surface area contributed by atoms with Gasteiger partial charge in [0.05, 0.1) is 16.7 Å². The van der Waals surface area contributed by atoms with Gasteiger partial charge >= 0.3 is 0 Å². The van der Waals surface area contributed by atoms with Crippen LogP contribution in [0.25, 0.3) is 0 Å². The van der Waals surface area contributed by atoms with Gasteiger partial charge in [0.2, 0.25) is 0 Å². The van der Waals surface area contributed by atoms with E-state index in [-0.39, 0.29) is 17.9 Å². The Balaban J connectivity index is 2.15. The average molecular weight is 333 g/mol. The van der Waals surface area contributed by atoms with Crippen LogP contribution in [0.15, 0.2) is 22.7 Å². The minimum absolute atomic E-state index is 0.0653. The molecule has 2 unspecified atom stereocenters. The molecule has 1 saturated heterocycles. The molecule has 1 aliphatic heterocycles. The van der Waals surface area contributed by atoms with Crippen LogP contribution >= 0.6 is 27.5 Å². The fraction of sp³-hybridized carbons (Fsp3) is 0.462. The van der Waals surface area contributed by atoms with Crippen molar-refractivity contribution in [2.24, 2.45) is 5.92 Å². The second kappa shape index (κ2) is 5.59. The number of aliphatic hydroxyl groups is 1. The molecule has 0 radical (unpaired) electrons. The summed E-state index contributed by atoms with van der Waals surface area (Å²) >= 11 is 9.39. The maximum atomic E-state index is 12.3. The lowest BCUT2D eigenvalue weighted by atomic mass is 10.0. The van der Waals surface area contributed by atoms with Crippen molar-refractivity contribution in [2.75, 3.05) is 13.1 Å². The Hall–Kier alpha value is -0.580. The Kier molecular flexibility index (Phi) is 4.30. The lowest BCUT2D eigenvalue weighted by Crippen LogP contribution is -2.30. The summed E-state index contributed by atoms with van der Waals surface area (Å²) in [5.41, 5.74) is 0.511. The molecule has 0 spiro atoms. The molecule has 5 heteroatoms. The van der Waals surface area contributed by atoms with E-state index in [4.69, 9.17) is 11.6 Å². The predicted molar refractivity (Wildman–Crippen MR) is 74.8 cm³/mol. The van der Waals surface area contributed by atoms with E-state index < -0.39 is 0 Å². The summed E-state index contributed by atoms with van der Waals surface area (Å²) < 4.78 is 0.835. The number of hydrogen-bond donors (Lipinski definition) is 1. The summed E-state index contributed by atoms with van der Waals surface area (Å²) in [5.74, 6) is 0.101. The van der Waals surface area contributed by atoms with E-state index >= 15 is 0 Å². The highest BCUT2D eigenvalue weighted by Gasteiger charge is 2.30. The molecule has 0 bridgehead atoms. The van der Waals surface area contributed by atoms with Crippen LogP contribution in [-0.2, 0) is 0 Å². The van der Waals surface area contributed by atoms with Gasteiger partial charge in [0.15, 0.2) is 0 Å². The van der Waals surface area contributed by atoms with Crippen LogP contribution in [0.1, 0.15) is 23.7 Å². The number of aliphatic hydroxyl groups excluding tert-OH is 1. The monoisotopic (exact) mass is 331 g/mol. The van der Waals surface area contributed by atoms with E-state index in [1.54, 1.807) is 24.0 Å². The van der Waals surface area contributed by atoms with Gasteiger partial charge in [-0.3, -0.25) is 4.79 Å². The molecule has 1 aliphatic rings.